The van der Waals surface area contributed by atoms with Gasteiger partial charge in [-0.25, -0.2) is 0 Å². The Kier molecular flexibility index (Phi) is 8.21. The van der Waals surface area contributed by atoms with E-state index in [-0.39, 0.29) is 12.6 Å². The lowest BCUT2D eigenvalue weighted by Crippen LogP contribution is -2.48. The minimum atomic E-state index is -0.799. The van der Waals surface area contributed by atoms with Crippen molar-refractivity contribution in [1.82, 2.24) is 4.90 Å². The molecule has 0 aliphatic carbocycles. The van der Waals surface area contributed by atoms with E-state index >= 15 is 0 Å². The molecule has 0 aromatic heterocycles. The second-order valence-electron chi connectivity index (χ2n) is 4.35. The Morgan fingerprint density at radius 3 is 2.38 bits per heavy atom. The molecule has 4 heteroatoms. The van der Waals surface area contributed by atoms with Crippen LogP contribution in [0.25, 0.3) is 0 Å². The number of unbranched alkanes of at least 4 members (excludes halogenated alkanes) is 2. The van der Waals surface area contributed by atoms with Crippen LogP contribution in [0.5, 0.6) is 0 Å². The highest BCUT2D eigenvalue weighted by molar-refractivity contribution is 5.73. The lowest BCUT2D eigenvalue weighted by Gasteiger charge is -2.31. The van der Waals surface area contributed by atoms with Gasteiger partial charge in [0.2, 0.25) is 0 Å². The Hall–Kier alpha value is -0.610. The average Bonchev–Trinajstić information content (AvgIpc) is 2.21. The molecule has 0 aromatic rings. The van der Waals surface area contributed by atoms with E-state index in [9.17, 15) is 4.79 Å². The maximum atomic E-state index is 11.1. The summed E-state index contributed by atoms with van der Waals surface area (Å²) in [6.07, 6.45) is 3.33. The van der Waals surface area contributed by atoms with Gasteiger partial charge in [-0.1, -0.05) is 19.8 Å². The van der Waals surface area contributed by atoms with Crippen molar-refractivity contribution in [3.8, 4) is 0 Å². The Bertz CT molecular complexity index is 195. The van der Waals surface area contributed by atoms with Gasteiger partial charge < -0.3 is 9.84 Å². The van der Waals surface area contributed by atoms with Crippen LogP contribution in [0.2, 0.25) is 0 Å². The van der Waals surface area contributed by atoms with Crippen molar-refractivity contribution in [2.45, 2.75) is 52.1 Å². The third-order valence-corrected chi connectivity index (χ3v) is 2.69. The first kappa shape index (κ1) is 15.4. The van der Waals surface area contributed by atoms with Crippen molar-refractivity contribution in [3.63, 3.8) is 0 Å². The molecule has 0 fully saturated rings. The van der Waals surface area contributed by atoms with Gasteiger partial charge >= 0.3 is 5.97 Å². The standard InChI is InChI=1S/C12H25NO3/c1-5-6-7-8-13(10(2)3)11(9-16-4)12(14)15/h10-11H,5-9H2,1-4H3,(H,14,15). The molecule has 1 atom stereocenters. The van der Waals surface area contributed by atoms with Crippen LogP contribution in [0.15, 0.2) is 0 Å². The van der Waals surface area contributed by atoms with Gasteiger partial charge in [-0.15, -0.1) is 0 Å². The first-order valence-electron chi connectivity index (χ1n) is 6.02. The maximum Gasteiger partial charge on any atom is 0.323 e. The summed E-state index contributed by atoms with van der Waals surface area (Å²) in [4.78, 5) is 13.1. The highest BCUT2D eigenvalue weighted by Crippen LogP contribution is 2.09. The summed E-state index contributed by atoms with van der Waals surface area (Å²) in [5.74, 6) is -0.799. The predicted octanol–water partition coefficient (Wildman–Crippen LogP) is 1.99. The van der Waals surface area contributed by atoms with Crippen molar-refractivity contribution in [3.05, 3.63) is 0 Å². The molecule has 1 unspecified atom stereocenters. The van der Waals surface area contributed by atoms with Gasteiger partial charge in [0.05, 0.1) is 6.61 Å². The van der Waals surface area contributed by atoms with Crippen LogP contribution in [0.3, 0.4) is 0 Å². The van der Waals surface area contributed by atoms with Crippen molar-refractivity contribution >= 4 is 5.97 Å². The first-order chi connectivity index (χ1) is 7.54. The van der Waals surface area contributed by atoms with Crippen LogP contribution in [0.1, 0.15) is 40.0 Å². The number of nitrogens with zero attached hydrogens (tertiary/aromatic N) is 1. The maximum absolute atomic E-state index is 11.1. The van der Waals surface area contributed by atoms with Gasteiger partial charge in [-0.05, 0) is 26.8 Å². The lowest BCUT2D eigenvalue weighted by molar-refractivity contribution is -0.146. The molecular formula is C12H25NO3. The van der Waals surface area contributed by atoms with Crippen molar-refractivity contribution in [2.24, 2.45) is 0 Å². The summed E-state index contributed by atoms with van der Waals surface area (Å²) in [6.45, 7) is 7.27. The topological polar surface area (TPSA) is 49.8 Å². The van der Waals surface area contributed by atoms with Gasteiger partial charge in [-0.3, -0.25) is 9.69 Å². The first-order valence-corrected chi connectivity index (χ1v) is 6.02. The molecule has 0 saturated carbocycles. The minimum absolute atomic E-state index is 0.230. The van der Waals surface area contributed by atoms with Crippen molar-refractivity contribution in [2.75, 3.05) is 20.3 Å². The minimum Gasteiger partial charge on any atom is -0.480 e. The molecule has 0 aliphatic heterocycles. The fourth-order valence-corrected chi connectivity index (χ4v) is 1.79. The molecular weight excluding hydrogens is 206 g/mol. The van der Waals surface area contributed by atoms with Gasteiger partial charge in [0.15, 0.2) is 0 Å². The smallest absolute Gasteiger partial charge is 0.323 e. The van der Waals surface area contributed by atoms with Gasteiger partial charge in [0.25, 0.3) is 0 Å². The van der Waals surface area contributed by atoms with Gasteiger partial charge in [-0.2, -0.15) is 0 Å². The Morgan fingerprint density at radius 1 is 1.38 bits per heavy atom. The normalized spacial score (nSPS) is 13.4. The summed E-state index contributed by atoms with van der Waals surface area (Å²) in [5.41, 5.74) is 0. The van der Waals surface area contributed by atoms with Gasteiger partial charge in [0.1, 0.15) is 6.04 Å². The molecule has 16 heavy (non-hydrogen) atoms. The number of carboxylic acids is 1. The van der Waals surface area contributed by atoms with E-state index < -0.39 is 12.0 Å². The zero-order valence-corrected chi connectivity index (χ0v) is 10.9. The molecule has 0 saturated heterocycles. The quantitative estimate of drug-likeness (QED) is 0.616. The fraction of sp³-hybridized carbons (Fsp3) is 0.917. The molecule has 1 N–H and O–H groups in total. The molecule has 0 radical (unpaired) electrons. The van der Waals surface area contributed by atoms with E-state index in [0.717, 1.165) is 25.8 Å². The number of hydrogen-bond acceptors (Lipinski definition) is 3. The number of aliphatic carboxylic acids is 1. The highest BCUT2D eigenvalue weighted by atomic mass is 16.5. The number of methoxy groups -OCH3 is 1. The van der Waals surface area contributed by atoms with Crippen LogP contribution < -0.4 is 0 Å². The van der Waals surface area contributed by atoms with Crippen LogP contribution >= 0.6 is 0 Å². The van der Waals surface area contributed by atoms with E-state index in [1.807, 2.05) is 18.7 Å². The van der Waals surface area contributed by atoms with E-state index in [0.29, 0.717) is 0 Å². The number of carboxylic acid groups (broad SMARTS) is 1. The molecule has 0 spiro atoms. The zero-order chi connectivity index (χ0) is 12.6. The van der Waals surface area contributed by atoms with E-state index in [2.05, 4.69) is 6.92 Å². The molecule has 0 amide bonds. The molecule has 0 heterocycles. The summed E-state index contributed by atoms with van der Waals surface area (Å²) in [7, 11) is 1.54. The number of hydrogen-bond donors (Lipinski definition) is 1. The Balaban J connectivity index is 4.39. The second kappa shape index (κ2) is 8.53. The number of ether oxygens (including phenoxy) is 1. The third-order valence-electron chi connectivity index (χ3n) is 2.69. The zero-order valence-electron chi connectivity index (χ0n) is 10.9. The molecule has 4 nitrogen and oxygen atoms in total. The third kappa shape index (κ3) is 5.47. The molecule has 0 aliphatic rings. The summed E-state index contributed by atoms with van der Waals surface area (Å²) < 4.78 is 4.98. The van der Waals surface area contributed by atoms with E-state index in [4.69, 9.17) is 9.84 Å². The Labute approximate surface area is 98.6 Å². The largest absolute Gasteiger partial charge is 0.480 e. The van der Waals surface area contributed by atoms with Crippen LogP contribution in [-0.2, 0) is 9.53 Å². The summed E-state index contributed by atoms with van der Waals surface area (Å²) in [5, 5.41) is 9.16. The molecule has 96 valence electrons. The summed E-state index contributed by atoms with van der Waals surface area (Å²) in [6, 6.07) is -0.296. The number of rotatable bonds is 9. The number of carbonyl (C=O) groups is 1. The van der Waals surface area contributed by atoms with E-state index in [1.165, 1.54) is 0 Å². The SMILES string of the molecule is CCCCCN(C(C)C)C(COC)C(=O)O. The van der Waals surface area contributed by atoms with Crippen molar-refractivity contribution in [1.29, 1.82) is 0 Å². The van der Waals surface area contributed by atoms with Crippen molar-refractivity contribution < 1.29 is 14.6 Å². The van der Waals surface area contributed by atoms with Crippen LogP contribution in [-0.4, -0.2) is 48.3 Å². The summed E-state index contributed by atoms with van der Waals surface area (Å²) >= 11 is 0. The molecule has 0 aromatic carbocycles. The van der Waals surface area contributed by atoms with Crippen LogP contribution in [0, 0.1) is 0 Å². The Morgan fingerprint density at radius 2 is 2.00 bits per heavy atom. The fourth-order valence-electron chi connectivity index (χ4n) is 1.79. The second-order valence-corrected chi connectivity index (χ2v) is 4.35. The highest BCUT2D eigenvalue weighted by Gasteiger charge is 2.26. The lowest BCUT2D eigenvalue weighted by atomic mass is 10.1. The molecule has 0 bridgehead atoms. The van der Waals surface area contributed by atoms with Crippen LogP contribution in [0.4, 0.5) is 0 Å². The average molecular weight is 231 g/mol. The monoisotopic (exact) mass is 231 g/mol. The molecule has 0 rings (SSSR count). The van der Waals surface area contributed by atoms with Gasteiger partial charge in [0, 0.05) is 13.2 Å². The predicted molar refractivity (Wildman–Crippen MR) is 64.7 cm³/mol. The van der Waals surface area contributed by atoms with E-state index in [1.54, 1.807) is 7.11 Å².